The fourth-order valence-electron chi connectivity index (χ4n) is 2.76. The fraction of sp³-hybridized carbons (Fsp3) is 0.438. The van der Waals surface area contributed by atoms with Gasteiger partial charge < -0.3 is 14.3 Å². The van der Waals surface area contributed by atoms with Crippen molar-refractivity contribution in [3.8, 4) is 17.2 Å². The van der Waals surface area contributed by atoms with E-state index in [-0.39, 0.29) is 12.6 Å². The first-order valence-electron chi connectivity index (χ1n) is 7.24. The Bertz CT molecular complexity index is 579. The molecule has 2 aromatic rings. The SMILES string of the molecule is COc1ccc(-c2nc(CN3CCC[C@@H]3CO)co2)cc1. The van der Waals surface area contributed by atoms with Crippen molar-refractivity contribution in [2.24, 2.45) is 0 Å². The first-order chi connectivity index (χ1) is 10.3. The number of likely N-dealkylation sites (tertiary alicyclic amines) is 1. The zero-order valence-electron chi connectivity index (χ0n) is 12.2. The third kappa shape index (κ3) is 3.09. The number of hydrogen-bond donors (Lipinski definition) is 1. The summed E-state index contributed by atoms with van der Waals surface area (Å²) in [5.74, 6) is 1.43. The molecule has 1 aromatic heterocycles. The van der Waals surface area contributed by atoms with Crippen molar-refractivity contribution in [1.82, 2.24) is 9.88 Å². The van der Waals surface area contributed by atoms with Crippen LogP contribution in [0.25, 0.3) is 11.5 Å². The molecule has 2 heterocycles. The van der Waals surface area contributed by atoms with E-state index < -0.39 is 0 Å². The van der Waals surface area contributed by atoms with Crippen molar-refractivity contribution in [2.45, 2.75) is 25.4 Å². The number of benzene rings is 1. The minimum absolute atomic E-state index is 0.211. The molecule has 1 aromatic carbocycles. The van der Waals surface area contributed by atoms with Gasteiger partial charge in [-0.2, -0.15) is 0 Å². The Balaban J connectivity index is 1.70. The van der Waals surface area contributed by atoms with Crippen LogP contribution in [-0.2, 0) is 6.54 Å². The van der Waals surface area contributed by atoms with E-state index in [0.717, 1.165) is 42.9 Å². The molecule has 0 spiro atoms. The summed E-state index contributed by atoms with van der Waals surface area (Å²) >= 11 is 0. The third-order valence-electron chi connectivity index (χ3n) is 3.96. The first-order valence-corrected chi connectivity index (χ1v) is 7.24. The highest BCUT2D eigenvalue weighted by atomic mass is 16.5. The molecule has 1 aliphatic heterocycles. The number of aliphatic hydroxyl groups is 1. The van der Waals surface area contributed by atoms with Crippen molar-refractivity contribution in [1.29, 1.82) is 0 Å². The van der Waals surface area contributed by atoms with E-state index in [4.69, 9.17) is 9.15 Å². The molecule has 112 valence electrons. The van der Waals surface area contributed by atoms with Crippen molar-refractivity contribution >= 4 is 0 Å². The molecule has 0 amide bonds. The number of hydrogen-bond acceptors (Lipinski definition) is 5. The quantitative estimate of drug-likeness (QED) is 0.915. The summed E-state index contributed by atoms with van der Waals surface area (Å²) in [5, 5.41) is 9.35. The third-order valence-corrected chi connectivity index (χ3v) is 3.96. The predicted molar refractivity (Wildman–Crippen MR) is 79.0 cm³/mol. The number of aliphatic hydroxyl groups excluding tert-OH is 1. The van der Waals surface area contributed by atoms with E-state index in [1.807, 2.05) is 24.3 Å². The number of oxazole rings is 1. The average molecular weight is 288 g/mol. The molecular weight excluding hydrogens is 268 g/mol. The summed E-state index contributed by atoms with van der Waals surface area (Å²) in [6.45, 7) is 1.95. The zero-order chi connectivity index (χ0) is 14.7. The summed E-state index contributed by atoms with van der Waals surface area (Å²) in [5.41, 5.74) is 1.84. The second-order valence-electron chi connectivity index (χ2n) is 5.32. The van der Waals surface area contributed by atoms with Gasteiger partial charge >= 0.3 is 0 Å². The molecule has 1 fully saturated rings. The van der Waals surface area contributed by atoms with Crippen LogP contribution in [0.15, 0.2) is 34.9 Å². The highest BCUT2D eigenvalue weighted by molar-refractivity contribution is 5.54. The van der Waals surface area contributed by atoms with Crippen LogP contribution in [0.3, 0.4) is 0 Å². The van der Waals surface area contributed by atoms with E-state index in [9.17, 15) is 5.11 Å². The van der Waals surface area contributed by atoms with Gasteiger partial charge in [0.2, 0.25) is 5.89 Å². The molecule has 1 aliphatic rings. The minimum Gasteiger partial charge on any atom is -0.497 e. The standard InChI is InChI=1S/C16H20N2O3/c1-20-15-6-4-12(5-7-15)16-17-13(11-21-16)9-18-8-2-3-14(18)10-19/h4-7,11,14,19H,2-3,8-10H2,1H3/t14-/m1/s1. The van der Waals surface area contributed by atoms with Crippen LogP contribution in [0.5, 0.6) is 5.75 Å². The van der Waals surface area contributed by atoms with Gasteiger partial charge in [-0.15, -0.1) is 0 Å². The van der Waals surface area contributed by atoms with E-state index in [1.54, 1.807) is 13.4 Å². The molecule has 1 saturated heterocycles. The Hall–Kier alpha value is -1.85. The number of rotatable bonds is 5. The van der Waals surface area contributed by atoms with Gasteiger partial charge in [-0.05, 0) is 43.7 Å². The van der Waals surface area contributed by atoms with Crippen molar-refractivity contribution < 1.29 is 14.3 Å². The van der Waals surface area contributed by atoms with Crippen LogP contribution in [0, 0.1) is 0 Å². The van der Waals surface area contributed by atoms with Gasteiger partial charge in [0.25, 0.3) is 0 Å². The Morgan fingerprint density at radius 1 is 1.38 bits per heavy atom. The topological polar surface area (TPSA) is 58.7 Å². The molecule has 0 aliphatic carbocycles. The molecule has 1 N–H and O–H groups in total. The lowest BCUT2D eigenvalue weighted by Crippen LogP contribution is -2.31. The van der Waals surface area contributed by atoms with Gasteiger partial charge in [0, 0.05) is 18.2 Å². The highest BCUT2D eigenvalue weighted by Gasteiger charge is 2.24. The maximum absolute atomic E-state index is 9.35. The maximum Gasteiger partial charge on any atom is 0.226 e. The second-order valence-corrected chi connectivity index (χ2v) is 5.32. The molecule has 3 rings (SSSR count). The highest BCUT2D eigenvalue weighted by Crippen LogP contribution is 2.24. The zero-order valence-corrected chi connectivity index (χ0v) is 12.2. The second kappa shape index (κ2) is 6.28. The minimum atomic E-state index is 0.211. The molecule has 5 heteroatoms. The Labute approximate surface area is 124 Å². The molecule has 0 saturated carbocycles. The molecular formula is C16H20N2O3. The van der Waals surface area contributed by atoms with Gasteiger partial charge in [-0.25, -0.2) is 4.98 Å². The van der Waals surface area contributed by atoms with Crippen molar-refractivity contribution in [3.05, 3.63) is 36.2 Å². The van der Waals surface area contributed by atoms with Crippen LogP contribution in [0.2, 0.25) is 0 Å². The van der Waals surface area contributed by atoms with E-state index in [2.05, 4.69) is 9.88 Å². The largest absolute Gasteiger partial charge is 0.497 e. The smallest absolute Gasteiger partial charge is 0.226 e. The molecule has 0 bridgehead atoms. The lowest BCUT2D eigenvalue weighted by molar-refractivity contribution is 0.152. The van der Waals surface area contributed by atoms with Gasteiger partial charge in [0.15, 0.2) is 0 Å². The van der Waals surface area contributed by atoms with Gasteiger partial charge in [-0.3, -0.25) is 4.90 Å². The van der Waals surface area contributed by atoms with Gasteiger partial charge in [-0.1, -0.05) is 0 Å². The number of aromatic nitrogens is 1. The lowest BCUT2D eigenvalue weighted by atomic mass is 10.2. The van der Waals surface area contributed by atoms with Gasteiger partial charge in [0.1, 0.15) is 12.0 Å². The monoisotopic (exact) mass is 288 g/mol. The molecule has 5 nitrogen and oxygen atoms in total. The van der Waals surface area contributed by atoms with Crippen LogP contribution in [0.4, 0.5) is 0 Å². The summed E-state index contributed by atoms with van der Waals surface area (Å²) in [6.07, 6.45) is 3.89. The van der Waals surface area contributed by atoms with Crippen LogP contribution in [-0.4, -0.2) is 41.3 Å². The first kappa shape index (κ1) is 14.1. The van der Waals surface area contributed by atoms with Crippen molar-refractivity contribution in [2.75, 3.05) is 20.3 Å². The molecule has 0 radical (unpaired) electrons. The molecule has 1 atom stereocenters. The summed E-state index contributed by atoms with van der Waals surface area (Å²) < 4.78 is 10.7. The van der Waals surface area contributed by atoms with E-state index >= 15 is 0 Å². The van der Waals surface area contributed by atoms with Crippen molar-refractivity contribution in [3.63, 3.8) is 0 Å². The number of nitrogens with zero attached hydrogens (tertiary/aromatic N) is 2. The van der Waals surface area contributed by atoms with Crippen LogP contribution < -0.4 is 4.74 Å². The average Bonchev–Trinajstić information content (AvgIpc) is 3.17. The Morgan fingerprint density at radius 2 is 2.19 bits per heavy atom. The fourth-order valence-corrected chi connectivity index (χ4v) is 2.76. The summed E-state index contributed by atoms with van der Waals surface area (Å²) in [4.78, 5) is 6.80. The number of methoxy groups -OCH3 is 1. The predicted octanol–water partition coefficient (Wildman–Crippen LogP) is 2.31. The Morgan fingerprint density at radius 3 is 2.90 bits per heavy atom. The normalized spacial score (nSPS) is 19.0. The van der Waals surface area contributed by atoms with Crippen LogP contribution >= 0.6 is 0 Å². The molecule has 21 heavy (non-hydrogen) atoms. The van der Waals surface area contributed by atoms with Gasteiger partial charge in [0.05, 0.1) is 19.4 Å². The van der Waals surface area contributed by atoms with E-state index in [0.29, 0.717) is 5.89 Å². The van der Waals surface area contributed by atoms with Crippen LogP contribution in [0.1, 0.15) is 18.5 Å². The Kier molecular flexibility index (Phi) is 4.22. The maximum atomic E-state index is 9.35. The number of ether oxygens (including phenoxy) is 1. The lowest BCUT2D eigenvalue weighted by Gasteiger charge is -2.20. The summed E-state index contributed by atoms with van der Waals surface area (Å²) in [7, 11) is 1.64. The van der Waals surface area contributed by atoms with E-state index in [1.165, 1.54) is 0 Å². The summed E-state index contributed by atoms with van der Waals surface area (Å²) in [6, 6.07) is 7.90. The molecule has 0 unspecified atom stereocenters.